The number of halogens is 3. The molecule has 0 bridgehead atoms. The van der Waals surface area contributed by atoms with E-state index in [1.807, 2.05) is 5.32 Å². The second kappa shape index (κ2) is 5.84. The Morgan fingerprint density at radius 3 is 2.33 bits per heavy atom. The molecule has 0 aromatic rings. The molecule has 0 aromatic heterocycles. The summed E-state index contributed by atoms with van der Waals surface area (Å²) in [5.41, 5.74) is 0. The van der Waals surface area contributed by atoms with Gasteiger partial charge in [0.15, 0.2) is 0 Å². The molecule has 0 saturated heterocycles. The summed E-state index contributed by atoms with van der Waals surface area (Å²) in [6, 6.07) is -1.28. The number of hydrogen-bond acceptors (Lipinski definition) is 3. The van der Waals surface area contributed by atoms with Gasteiger partial charge in [-0.2, -0.15) is 13.2 Å². The molecule has 15 heavy (non-hydrogen) atoms. The van der Waals surface area contributed by atoms with Crippen LogP contribution in [0.3, 0.4) is 0 Å². The predicted molar refractivity (Wildman–Crippen MR) is 48.6 cm³/mol. The van der Waals surface area contributed by atoms with Gasteiger partial charge in [0.05, 0.1) is 5.75 Å². The van der Waals surface area contributed by atoms with E-state index < -0.39 is 29.8 Å². The molecule has 1 atom stereocenters. The number of carboxylic acid groups (broad SMARTS) is 1. The number of nitrogens with one attached hydrogen (secondary N) is 1. The molecule has 0 saturated carbocycles. The molecule has 0 fully saturated rings. The maximum atomic E-state index is 11.7. The summed E-state index contributed by atoms with van der Waals surface area (Å²) in [4.78, 5) is 21.0. The number of carbonyl (C=O) groups is 2. The average Bonchev–Trinajstić information content (AvgIpc) is 1.99. The topological polar surface area (TPSA) is 66.4 Å². The van der Waals surface area contributed by atoms with Gasteiger partial charge in [-0.25, -0.2) is 4.79 Å². The first kappa shape index (κ1) is 14.1. The molecule has 0 spiro atoms. The molecular weight excluding hydrogens is 235 g/mol. The lowest BCUT2D eigenvalue weighted by atomic mass is 10.3. The zero-order valence-corrected chi connectivity index (χ0v) is 8.61. The highest BCUT2D eigenvalue weighted by Crippen LogP contribution is 2.21. The molecule has 8 heteroatoms. The highest BCUT2D eigenvalue weighted by atomic mass is 32.2. The summed E-state index contributed by atoms with van der Waals surface area (Å²) in [5, 5.41) is 10.6. The van der Waals surface area contributed by atoms with Gasteiger partial charge < -0.3 is 10.4 Å². The molecule has 0 aliphatic heterocycles. The molecule has 0 unspecified atom stereocenters. The third kappa shape index (κ3) is 8.10. The number of hydrogen-bond donors (Lipinski definition) is 2. The van der Waals surface area contributed by atoms with Gasteiger partial charge in [0.2, 0.25) is 5.91 Å². The van der Waals surface area contributed by atoms with Crippen LogP contribution in [0.15, 0.2) is 0 Å². The zero-order chi connectivity index (χ0) is 12.1. The van der Waals surface area contributed by atoms with E-state index in [0.29, 0.717) is 11.8 Å². The Morgan fingerprint density at radius 1 is 1.47 bits per heavy atom. The second-order valence-electron chi connectivity index (χ2n) is 2.72. The van der Waals surface area contributed by atoms with Crippen LogP contribution in [0.2, 0.25) is 0 Å². The molecule has 0 rings (SSSR count). The van der Waals surface area contributed by atoms with Crippen LogP contribution < -0.4 is 5.32 Å². The van der Waals surface area contributed by atoms with E-state index in [0.717, 1.165) is 6.92 Å². The molecule has 0 radical (unpaired) electrons. The number of amides is 1. The van der Waals surface area contributed by atoms with Crippen LogP contribution in [-0.4, -0.2) is 40.7 Å². The number of carboxylic acids is 1. The maximum absolute atomic E-state index is 11.7. The minimum atomic E-state index is -4.33. The van der Waals surface area contributed by atoms with Crippen LogP contribution in [-0.2, 0) is 9.59 Å². The number of aliphatic carboxylic acids is 1. The lowest BCUT2D eigenvalue weighted by Gasteiger charge is -2.13. The van der Waals surface area contributed by atoms with Crippen molar-refractivity contribution in [3.05, 3.63) is 0 Å². The highest BCUT2D eigenvalue weighted by Gasteiger charge is 2.28. The van der Waals surface area contributed by atoms with Gasteiger partial charge in [0, 0.05) is 12.7 Å². The fourth-order valence-corrected chi connectivity index (χ4v) is 1.52. The van der Waals surface area contributed by atoms with Crippen molar-refractivity contribution in [3.63, 3.8) is 0 Å². The summed E-state index contributed by atoms with van der Waals surface area (Å²) in [7, 11) is 0. The molecule has 4 nitrogen and oxygen atoms in total. The average molecular weight is 245 g/mol. The minimum Gasteiger partial charge on any atom is -0.480 e. The van der Waals surface area contributed by atoms with Crippen LogP contribution in [0.25, 0.3) is 0 Å². The van der Waals surface area contributed by atoms with Gasteiger partial charge >= 0.3 is 12.1 Å². The molecule has 0 aliphatic carbocycles. The Bertz CT molecular complexity index is 244. The van der Waals surface area contributed by atoms with Gasteiger partial charge in [-0.05, 0) is 0 Å². The van der Waals surface area contributed by atoms with Crippen LogP contribution >= 0.6 is 11.8 Å². The normalized spacial score (nSPS) is 13.3. The fourth-order valence-electron chi connectivity index (χ4n) is 0.713. The van der Waals surface area contributed by atoms with Crippen molar-refractivity contribution in [1.82, 2.24) is 5.32 Å². The summed E-state index contributed by atoms with van der Waals surface area (Å²) >= 11 is 0.418. The van der Waals surface area contributed by atoms with Gasteiger partial charge in [0.25, 0.3) is 0 Å². The number of thioether (sulfide) groups is 1. The van der Waals surface area contributed by atoms with Crippen LogP contribution in [0.5, 0.6) is 0 Å². The number of carbonyl (C=O) groups excluding carboxylic acids is 1. The SMILES string of the molecule is CC(=O)N[C@@H](CSCC(F)(F)F)C(=O)O. The molecule has 1 amide bonds. The van der Waals surface area contributed by atoms with E-state index in [4.69, 9.17) is 5.11 Å². The van der Waals surface area contributed by atoms with Crippen molar-refractivity contribution in [1.29, 1.82) is 0 Å². The first-order valence-electron chi connectivity index (χ1n) is 3.87. The van der Waals surface area contributed by atoms with E-state index in [2.05, 4.69) is 0 Å². The smallest absolute Gasteiger partial charge is 0.397 e. The summed E-state index contributed by atoms with van der Waals surface area (Å²) in [6.07, 6.45) is -4.33. The van der Waals surface area contributed by atoms with E-state index in [-0.39, 0.29) is 5.75 Å². The summed E-state index contributed by atoms with van der Waals surface area (Å²) in [6.45, 7) is 1.10. The minimum absolute atomic E-state index is 0.311. The Hall–Kier alpha value is -0.920. The Morgan fingerprint density at radius 2 is 2.00 bits per heavy atom. The van der Waals surface area contributed by atoms with Crippen LogP contribution in [0.4, 0.5) is 13.2 Å². The van der Waals surface area contributed by atoms with E-state index in [1.54, 1.807) is 0 Å². The Kier molecular flexibility index (Phi) is 5.48. The van der Waals surface area contributed by atoms with Crippen molar-refractivity contribution < 1.29 is 27.9 Å². The van der Waals surface area contributed by atoms with Gasteiger partial charge in [-0.3, -0.25) is 4.79 Å². The van der Waals surface area contributed by atoms with Crippen LogP contribution in [0, 0.1) is 0 Å². The van der Waals surface area contributed by atoms with Crippen LogP contribution in [0.1, 0.15) is 6.92 Å². The fraction of sp³-hybridized carbons (Fsp3) is 0.714. The number of alkyl halides is 3. The van der Waals surface area contributed by atoms with Crippen molar-refractivity contribution in [2.75, 3.05) is 11.5 Å². The predicted octanol–water partition coefficient (Wildman–Crippen LogP) is 0.871. The van der Waals surface area contributed by atoms with Crippen molar-refractivity contribution in [2.45, 2.75) is 19.1 Å². The van der Waals surface area contributed by atoms with Gasteiger partial charge in [-0.1, -0.05) is 0 Å². The van der Waals surface area contributed by atoms with E-state index >= 15 is 0 Å². The molecule has 0 heterocycles. The second-order valence-corrected chi connectivity index (χ2v) is 3.75. The maximum Gasteiger partial charge on any atom is 0.397 e. The van der Waals surface area contributed by atoms with E-state index in [9.17, 15) is 22.8 Å². The molecule has 0 aromatic carbocycles. The van der Waals surface area contributed by atoms with Crippen molar-refractivity contribution in [3.8, 4) is 0 Å². The Balaban J connectivity index is 3.98. The largest absolute Gasteiger partial charge is 0.480 e. The van der Waals surface area contributed by atoms with Gasteiger partial charge in [0.1, 0.15) is 6.04 Å². The van der Waals surface area contributed by atoms with Crippen molar-refractivity contribution >= 4 is 23.6 Å². The molecule has 2 N–H and O–H groups in total. The quantitative estimate of drug-likeness (QED) is 0.754. The highest BCUT2D eigenvalue weighted by molar-refractivity contribution is 7.99. The third-order valence-corrected chi connectivity index (χ3v) is 2.33. The zero-order valence-electron chi connectivity index (χ0n) is 7.80. The Labute approximate surface area is 88.2 Å². The number of rotatable bonds is 5. The lowest BCUT2D eigenvalue weighted by Crippen LogP contribution is -2.41. The van der Waals surface area contributed by atoms with Crippen molar-refractivity contribution in [2.24, 2.45) is 0 Å². The third-order valence-electron chi connectivity index (χ3n) is 1.23. The van der Waals surface area contributed by atoms with Gasteiger partial charge in [-0.15, -0.1) is 11.8 Å². The lowest BCUT2D eigenvalue weighted by molar-refractivity contribution is -0.140. The molecular formula is C7H10F3NO3S. The summed E-state index contributed by atoms with van der Waals surface area (Å²) < 4.78 is 35.1. The molecule has 88 valence electrons. The monoisotopic (exact) mass is 245 g/mol. The first-order valence-corrected chi connectivity index (χ1v) is 5.02. The first-order chi connectivity index (χ1) is 6.72. The molecule has 0 aliphatic rings. The standard InChI is InChI=1S/C7H10F3NO3S/c1-4(12)11-5(6(13)14)2-15-3-7(8,9)10/h5H,2-3H2,1H3,(H,11,12)(H,13,14)/t5-/m0/s1. The van der Waals surface area contributed by atoms with E-state index in [1.165, 1.54) is 0 Å². The summed E-state index contributed by atoms with van der Waals surface area (Å²) in [5.74, 6) is -3.37.